The molecule has 0 aliphatic rings. The number of nitrogens with zero attached hydrogens (tertiary/aromatic N) is 2. The van der Waals surface area contributed by atoms with Crippen LogP contribution >= 0.6 is 11.3 Å². The number of nitro benzene ring substituents is 1. The highest BCUT2D eigenvalue weighted by atomic mass is 32.1. The van der Waals surface area contributed by atoms with Crippen molar-refractivity contribution in [1.29, 1.82) is 5.26 Å². The average Bonchev–Trinajstić information content (AvgIpc) is 2.87. The molecule has 2 aromatic rings. The summed E-state index contributed by atoms with van der Waals surface area (Å²) in [6.07, 6.45) is 0. The zero-order valence-electron chi connectivity index (χ0n) is 9.77. The van der Waals surface area contributed by atoms with Crippen LogP contribution in [0.25, 0.3) is 0 Å². The van der Waals surface area contributed by atoms with Crippen LogP contribution in [0.5, 0.6) is 11.5 Å². The van der Waals surface area contributed by atoms with E-state index in [1.807, 2.05) is 0 Å². The van der Waals surface area contributed by atoms with Gasteiger partial charge < -0.3 is 9.84 Å². The Morgan fingerprint density at radius 1 is 1.40 bits per heavy atom. The number of hydrogen-bond acceptors (Lipinski definition) is 6. The summed E-state index contributed by atoms with van der Waals surface area (Å²) in [7, 11) is 0. The Kier molecular flexibility index (Phi) is 3.63. The van der Waals surface area contributed by atoms with E-state index < -0.39 is 10.9 Å². The first-order valence-corrected chi connectivity index (χ1v) is 6.07. The number of rotatable bonds is 4. The van der Waals surface area contributed by atoms with Crippen LogP contribution in [0.2, 0.25) is 0 Å². The molecule has 0 radical (unpaired) electrons. The van der Waals surface area contributed by atoms with E-state index in [0.29, 0.717) is 5.75 Å². The molecule has 100 valence electrons. The van der Waals surface area contributed by atoms with Gasteiger partial charge in [-0.05, 0) is 6.07 Å². The summed E-state index contributed by atoms with van der Waals surface area (Å²) in [5.74, 6) is -0.543. The van der Waals surface area contributed by atoms with Gasteiger partial charge in [0, 0.05) is 23.6 Å². The maximum atomic E-state index is 10.7. The first-order valence-electron chi connectivity index (χ1n) is 5.19. The second-order valence-corrected chi connectivity index (χ2v) is 4.51. The van der Waals surface area contributed by atoms with Gasteiger partial charge in [-0.25, -0.2) is 4.79 Å². The summed E-state index contributed by atoms with van der Waals surface area (Å²) in [5, 5.41) is 29.8. The molecule has 1 N–H and O–H groups in total. The van der Waals surface area contributed by atoms with Gasteiger partial charge in [0.2, 0.25) is 0 Å². The smallest absolute Gasteiger partial charge is 0.346 e. The Morgan fingerprint density at radius 3 is 2.70 bits per heavy atom. The number of carboxylic acids is 1. The topological polar surface area (TPSA) is 113 Å². The molecule has 0 atom stereocenters. The molecule has 0 spiro atoms. The van der Waals surface area contributed by atoms with Crippen LogP contribution in [0.4, 0.5) is 5.69 Å². The molecule has 0 unspecified atom stereocenters. The third kappa shape index (κ3) is 2.73. The van der Waals surface area contributed by atoms with Crippen molar-refractivity contribution in [3.05, 3.63) is 50.2 Å². The fourth-order valence-electron chi connectivity index (χ4n) is 1.45. The first kappa shape index (κ1) is 13.5. The SMILES string of the molecule is N#Cc1cc(Oc2csc(C(=O)O)c2)ccc1[N+](=O)[O-]. The molecule has 0 saturated heterocycles. The summed E-state index contributed by atoms with van der Waals surface area (Å²) in [6.45, 7) is 0. The minimum absolute atomic E-state index is 0.113. The molecular weight excluding hydrogens is 284 g/mol. The van der Waals surface area contributed by atoms with Crippen LogP contribution in [0.1, 0.15) is 15.2 Å². The van der Waals surface area contributed by atoms with Crippen LogP contribution in [0.15, 0.2) is 29.6 Å². The van der Waals surface area contributed by atoms with E-state index in [0.717, 1.165) is 11.3 Å². The van der Waals surface area contributed by atoms with Gasteiger partial charge in [0.1, 0.15) is 28.0 Å². The summed E-state index contributed by atoms with van der Waals surface area (Å²) in [6, 6.07) is 6.79. The van der Waals surface area contributed by atoms with E-state index >= 15 is 0 Å². The molecular formula is C12H6N2O5S. The first-order chi connectivity index (χ1) is 9.51. The molecule has 0 aliphatic heterocycles. The van der Waals surface area contributed by atoms with E-state index in [9.17, 15) is 14.9 Å². The Morgan fingerprint density at radius 2 is 2.15 bits per heavy atom. The lowest BCUT2D eigenvalue weighted by molar-refractivity contribution is -0.385. The number of nitriles is 1. The molecule has 0 saturated carbocycles. The molecule has 2 rings (SSSR count). The molecule has 7 nitrogen and oxygen atoms in total. The maximum Gasteiger partial charge on any atom is 0.346 e. The van der Waals surface area contributed by atoms with Crippen LogP contribution in [0.3, 0.4) is 0 Å². The highest BCUT2D eigenvalue weighted by Crippen LogP contribution is 2.30. The van der Waals surface area contributed by atoms with Crippen molar-refractivity contribution >= 4 is 23.0 Å². The van der Waals surface area contributed by atoms with Crippen molar-refractivity contribution in [2.24, 2.45) is 0 Å². The Hall–Kier alpha value is -2.92. The van der Waals surface area contributed by atoms with Crippen LogP contribution in [-0.2, 0) is 0 Å². The monoisotopic (exact) mass is 290 g/mol. The minimum atomic E-state index is -1.06. The normalized spacial score (nSPS) is 9.75. The van der Waals surface area contributed by atoms with E-state index in [1.54, 1.807) is 6.07 Å². The minimum Gasteiger partial charge on any atom is -0.477 e. The van der Waals surface area contributed by atoms with Crippen molar-refractivity contribution in [3.63, 3.8) is 0 Å². The lowest BCUT2D eigenvalue weighted by Crippen LogP contribution is -1.93. The number of ether oxygens (including phenoxy) is 1. The van der Waals surface area contributed by atoms with Crippen molar-refractivity contribution in [2.75, 3.05) is 0 Å². The number of hydrogen-bond donors (Lipinski definition) is 1. The predicted octanol–water partition coefficient (Wildman–Crippen LogP) is 3.02. The Balaban J connectivity index is 2.28. The predicted molar refractivity (Wildman–Crippen MR) is 69.2 cm³/mol. The molecule has 8 heteroatoms. The highest BCUT2D eigenvalue weighted by molar-refractivity contribution is 7.12. The summed E-state index contributed by atoms with van der Waals surface area (Å²) < 4.78 is 5.36. The van der Waals surface area contributed by atoms with Gasteiger partial charge in [-0.2, -0.15) is 5.26 Å². The molecule has 1 aromatic heterocycles. The number of carbonyl (C=O) groups is 1. The van der Waals surface area contributed by atoms with Crippen molar-refractivity contribution in [2.45, 2.75) is 0 Å². The van der Waals surface area contributed by atoms with E-state index in [-0.39, 0.29) is 21.9 Å². The van der Waals surface area contributed by atoms with Crippen molar-refractivity contribution < 1.29 is 19.6 Å². The zero-order chi connectivity index (χ0) is 14.7. The van der Waals surface area contributed by atoms with Gasteiger partial charge in [-0.3, -0.25) is 10.1 Å². The largest absolute Gasteiger partial charge is 0.477 e. The average molecular weight is 290 g/mol. The van der Waals surface area contributed by atoms with Crippen molar-refractivity contribution in [3.8, 4) is 17.6 Å². The summed E-state index contributed by atoms with van der Waals surface area (Å²) in [5.41, 5.74) is -0.433. The number of aromatic carboxylic acids is 1. The standard InChI is InChI=1S/C12H6N2O5S/c13-5-7-3-8(1-2-10(7)14(17)18)19-9-4-11(12(15)16)20-6-9/h1-4,6H,(H,15,16). The molecule has 0 bridgehead atoms. The van der Waals surface area contributed by atoms with Gasteiger partial charge in [-0.15, -0.1) is 11.3 Å². The number of benzene rings is 1. The number of nitro groups is 1. The molecule has 20 heavy (non-hydrogen) atoms. The van der Waals surface area contributed by atoms with E-state index in [2.05, 4.69) is 0 Å². The molecule has 1 heterocycles. The zero-order valence-corrected chi connectivity index (χ0v) is 10.6. The third-order valence-electron chi connectivity index (χ3n) is 2.31. The fourth-order valence-corrected chi connectivity index (χ4v) is 2.09. The van der Waals surface area contributed by atoms with Crippen molar-refractivity contribution in [1.82, 2.24) is 0 Å². The fraction of sp³-hybridized carbons (Fsp3) is 0. The highest BCUT2D eigenvalue weighted by Gasteiger charge is 2.15. The number of carboxylic acid groups (broad SMARTS) is 1. The molecule has 0 amide bonds. The number of thiophene rings is 1. The van der Waals surface area contributed by atoms with Crippen LogP contribution in [-0.4, -0.2) is 16.0 Å². The van der Waals surface area contributed by atoms with Gasteiger partial charge >= 0.3 is 5.97 Å². The lowest BCUT2D eigenvalue weighted by Gasteiger charge is -2.03. The molecule has 1 aromatic carbocycles. The Bertz CT molecular complexity index is 732. The van der Waals surface area contributed by atoms with Gasteiger partial charge in [0.15, 0.2) is 0 Å². The second-order valence-electron chi connectivity index (χ2n) is 3.60. The summed E-state index contributed by atoms with van der Waals surface area (Å²) in [4.78, 5) is 20.9. The second kappa shape index (κ2) is 5.38. The van der Waals surface area contributed by atoms with Gasteiger partial charge in [0.05, 0.1) is 4.92 Å². The quantitative estimate of drug-likeness (QED) is 0.683. The van der Waals surface area contributed by atoms with Gasteiger partial charge in [-0.1, -0.05) is 0 Å². The van der Waals surface area contributed by atoms with Crippen LogP contribution < -0.4 is 4.74 Å². The van der Waals surface area contributed by atoms with E-state index in [4.69, 9.17) is 15.1 Å². The molecule has 0 aliphatic carbocycles. The van der Waals surface area contributed by atoms with Gasteiger partial charge in [0.25, 0.3) is 5.69 Å². The third-order valence-corrected chi connectivity index (χ3v) is 3.20. The molecule has 0 fully saturated rings. The van der Waals surface area contributed by atoms with E-state index in [1.165, 1.54) is 29.6 Å². The lowest BCUT2D eigenvalue weighted by atomic mass is 10.2. The maximum absolute atomic E-state index is 10.7. The summed E-state index contributed by atoms with van der Waals surface area (Å²) >= 11 is 0.997. The Labute approximate surface area is 116 Å². The van der Waals surface area contributed by atoms with Crippen LogP contribution in [0, 0.1) is 21.4 Å².